The van der Waals surface area contributed by atoms with Gasteiger partial charge in [-0.3, -0.25) is 0 Å². The lowest BCUT2D eigenvalue weighted by Crippen LogP contribution is -2.28. The number of nitrogens with one attached hydrogen (secondary N) is 1. The van der Waals surface area contributed by atoms with Crippen LogP contribution in [0.3, 0.4) is 0 Å². The monoisotopic (exact) mass is 281 g/mol. The Bertz CT molecular complexity index is 422. The van der Waals surface area contributed by atoms with Gasteiger partial charge in [0.2, 0.25) is 0 Å². The van der Waals surface area contributed by atoms with Crippen LogP contribution in [0.4, 0.5) is 5.69 Å². The van der Waals surface area contributed by atoms with E-state index in [-0.39, 0.29) is 0 Å². The summed E-state index contributed by atoms with van der Waals surface area (Å²) in [7, 11) is 6.35. The molecule has 0 radical (unpaired) electrons. The van der Waals surface area contributed by atoms with Gasteiger partial charge in [0.05, 0.1) is 0 Å². The molecule has 0 aliphatic carbocycles. The summed E-state index contributed by atoms with van der Waals surface area (Å²) in [6, 6.07) is 6.17. The van der Waals surface area contributed by atoms with Crippen LogP contribution in [0.1, 0.15) is 12.0 Å². The van der Waals surface area contributed by atoms with Crippen molar-refractivity contribution in [1.29, 1.82) is 0 Å². The largest absolute Gasteiger partial charge is 0.374 e. The molecule has 1 aromatic rings. The molecule has 1 fully saturated rings. The van der Waals surface area contributed by atoms with Crippen LogP contribution in [0.15, 0.2) is 18.2 Å². The highest BCUT2D eigenvalue weighted by atomic mass is 35.5. The molecule has 1 saturated heterocycles. The lowest BCUT2D eigenvalue weighted by atomic mass is 10.1. The van der Waals surface area contributed by atoms with Crippen molar-refractivity contribution in [2.45, 2.75) is 13.0 Å². The molecule has 1 N–H and O–H groups in total. The van der Waals surface area contributed by atoms with Gasteiger partial charge in [-0.25, -0.2) is 0 Å². The Hall–Kier alpha value is -0.770. The third kappa shape index (κ3) is 3.85. The van der Waals surface area contributed by atoms with E-state index < -0.39 is 0 Å². The molecule has 0 bridgehead atoms. The standard InChI is InChI=1S/C15H24ClN3/c1-17-9-13-8-14(16)4-5-15(13)19(3)11-12-6-7-18(2)10-12/h4-5,8,12,17H,6-7,9-11H2,1-3H3. The summed E-state index contributed by atoms with van der Waals surface area (Å²) in [4.78, 5) is 4.78. The van der Waals surface area contributed by atoms with Crippen molar-refractivity contribution in [2.24, 2.45) is 5.92 Å². The zero-order chi connectivity index (χ0) is 13.8. The Morgan fingerprint density at radius 2 is 2.26 bits per heavy atom. The minimum Gasteiger partial charge on any atom is -0.374 e. The first-order valence-corrected chi connectivity index (χ1v) is 7.30. The van der Waals surface area contributed by atoms with Crippen LogP contribution < -0.4 is 10.2 Å². The molecule has 1 atom stereocenters. The van der Waals surface area contributed by atoms with E-state index in [0.29, 0.717) is 0 Å². The molecule has 0 aromatic heterocycles. The molecule has 1 aliphatic heterocycles. The lowest BCUT2D eigenvalue weighted by Gasteiger charge is -2.25. The highest BCUT2D eigenvalue weighted by molar-refractivity contribution is 6.30. The van der Waals surface area contributed by atoms with Gasteiger partial charge in [-0.05, 0) is 56.7 Å². The summed E-state index contributed by atoms with van der Waals surface area (Å²) in [5.41, 5.74) is 2.55. The topological polar surface area (TPSA) is 18.5 Å². The average Bonchev–Trinajstić information content (AvgIpc) is 2.75. The third-order valence-corrected chi connectivity index (χ3v) is 4.08. The van der Waals surface area contributed by atoms with Crippen molar-refractivity contribution in [3.8, 4) is 0 Å². The maximum atomic E-state index is 6.09. The van der Waals surface area contributed by atoms with Crippen LogP contribution >= 0.6 is 11.6 Å². The summed E-state index contributed by atoms with van der Waals surface area (Å²) < 4.78 is 0. The Morgan fingerprint density at radius 3 is 2.89 bits per heavy atom. The Morgan fingerprint density at radius 1 is 1.47 bits per heavy atom. The number of hydrogen-bond donors (Lipinski definition) is 1. The summed E-state index contributed by atoms with van der Waals surface area (Å²) in [5, 5.41) is 4.02. The van der Waals surface area contributed by atoms with Gasteiger partial charge >= 0.3 is 0 Å². The number of rotatable bonds is 5. The van der Waals surface area contributed by atoms with Crippen molar-refractivity contribution in [3.05, 3.63) is 28.8 Å². The lowest BCUT2D eigenvalue weighted by molar-refractivity contribution is 0.396. The molecule has 1 heterocycles. The van der Waals surface area contributed by atoms with Crippen molar-refractivity contribution in [2.75, 3.05) is 45.7 Å². The highest BCUT2D eigenvalue weighted by Crippen LogP contribution is 2.25. The second kappa shape index (κ2) is 6.60. The first-order chi connectivity index (χ1) is 9.10. The highest BCUT2D eigenvalue weighted by Gasteiger charge is 2.21. The fourth-order valence-electron chi connectivity index (χ4n) is 2.92. The normalized spacial score (nSPS) is 19.9. The minimum absolute atomic E-state index is 0.771. The number of hydrogen-bond acceptors (Lipinski definition) is 3. The van der Waals surface area contributed by atoms with Crippen LogP contribution in [0.5, 0.6) is 0 Å². The van der Waals surface area contributed by atoms with Gasteiger partial charge in [-0.15, -0.1) is 0 Å². The van der Waals surface area contributed by atoms with Crippen molar-refractivity contribution in [1.82, 2.24) is 10.2 Å². The van der Waals surface area contributed by atoms with Gasteiger partial charge in [0.15, 0.2) is 0 Å². The molecular formula is C15H24ClN3. The van der Waals surface area contributed by atoms with Gasteiger partial charge in [0.1, 0.15) is 0 Å². The molecule has 1 aromatic carbocycles. The predicted molar refractivity (Wildman–Crippen MR) is 83.1 cm³/mol. The van der Waals surface area contributed by atoms with E-state index in [4.69, 9.17) is 11.6 Å². The van der Waals surface area contributed by atoms with E-state index in [9.17, 15) is 0 Å². The molecule has 3 nitrogen and oxygen atoms in total. The third-order valence-electron chi connectivity index (χ3n) is 3.84. The number of likely N-dealkylation sites (tertiary alicyclic amines) is 1. The van der Waals surface area contributed by atoms with Crippen molar-refractivity contribution in [3.63, 3.8) is 0 Å². The molecule has 1 aliphatic rings. The zero-order valence-corrected chi connectivity index (χ0v) is 12.9. The molecule has 0 amide bonds. The molecule has 19 heavy (non-hydrogen) atoms. The number of benzene rings is 1. The van der Waals surface area contributed by atoms with E-state index in [0.717, 1.165) is 24.0 Å². The quantitative estimate of drug-likeness (QED) is 0.894. The van der Waals surface area contributed by atoms with E-state index in [1.165, 1.54) is 30.8 Å². The van der Waals surface area contributed by atoms with E-state index >= 15 is 0 Å². The number of anilines is 1. The van der Waals surface area contributed by atoms with Gasteiger partial charge in [0, 0.05) is 37.4 Å². The SMILES string of the molecule is CNCc1cc(Cl)ccc1N(C)CC1CCN(C)C1. The second-order valence-corrected chi connectivity index (χ2v) is 6.04. The molecule has 2 rings (SSSR count). The minimum atomic E-state index is 0.771. The fourth-order valence-corrected chi connectivity index (χ4v) is 3.11. The summed E-state index contributed by atoms with van der Waals surface area (Å²) >= 11 is 6.09. The van der Waals surface area contributed by atoms with E-state index in [2.05, 4.69) is 41.3 Å². The van der Waals surface area contributed by atoms with Crippen LogP contribution in [0.25, 0.3) is 0 Å². The summed E-state index contributed by atoms with van der Waals surface area (Å²) in [6.07, 6.45) is 1.30. The molecule has 106 valence electrons. The fraction of sp³-hybridized carbons (Fsp3) is 0.600. The Balaban J connectivity index is 2.07. The molecule has 0 saturated carbocycles. The van der Waals surface area contributed by atoms with Gasteiger partial charge in [-0.2, -0.15) is 0 Å². The molecular weight excluding hydrogens is 258 g/mol. The van der Waals surface area contributed by atoms with Crippen LogP contribution in [-0.4, -0.2) is 45.7 Å². The van der Waals surface area contributed by atoms with Crippen LogP contribution in [0.2, 0.25) is 5.02 Å². The van der Waals surface area contributed by atoms with Crippen LogP contribution in [0, 0.1) is 5.92 Å². The maximum absolute atomic E-state index is 6.09. The molecule has 4 heteroatoms. The Labute approximate surface area is 121 Å². The van der Waals surface area contributed by atoms with Crippen molar-refractivity contribution < 1.29 is 0 Å². The summed E-state index contributed by atoms with van der Waals surface area (Å²) in [5.74, 6) is 0.771. The van der Waals surface area contributed by atoms with Gasteiger partial charge < -0.3 is 15.1 Å². The van der Waals surface area contributed by atoms with E-state index in [1.54, 1.807) is 0 Å². The zero-order valence-electron chi connectivity index (χ0n) is 12.1. The maximum Gasteiger partial charge on any atom is 0.0410 e. The van der Waals surface area contributed by atoms with Crippen LogP contribution in [-0.2, 0) is 6.54 Å². The smallest absolute Gasteiger partial charge is 0.0410 e. The number of nitrogens with zero attached hydrogens (tertiary/aromatic N) is 2. The second-order valence-electron chi connectivity index (χ2n) is 5.60. The summed E-state index contributed by atoms with van der Waals surface area (Å²) in [6.45, 7) is 4.40. The molecule has 0 spiro atoms. The molecule has 1 unspecified atom stereocenters. The first-order valence-electron chi connectivity index (χ1n) is 6.93. The van der Waals surface area contributed by atoms with Gasteiger partial charge in [0.25, 0.3) is 0 Å². The average molecular weight is 282 g/mol. The van der Waals surface area contributed by atoms with Gasteiger partial charge in [-0.1, -0.05) is 11.6 Å². The van der Waals surface area contributed by atoms with Crippen molar-refractivity contribution >= 4 is 17.3 Å². The Kier molecular flexibility index (Phi) is 5.08. The first kappa shape index (κ1) is 14.6. The van der Waals surface area contributed by atoms with E-state index in [1.807, 2.05) is 13.1 Å². The number of halogens is 1. The predicted octanol–water partition coefficient (Wildman–Crippen LogP) is 2.45.